The molecule has 2 atom stereocenters. The Morgan fingerprint density at radius 3 is 2.58 bits per heavy atom. The van der Waals surface area contributed by atoms with Crippen molar-refractivity contribution in [1.29, 1.82) is 0 Å². The van der Waals surface area contributed by atoms with E-state index in [9.17, 15) is 14.4 Å². The molecule has 0 bridgehead atoms. The van der Waals surface area contributed by atoms with Gasteiger partial charge < -0.3 is 10.2 Å². The van der Waals surface area contributed by atoms with Crippen LogP contribution in [0.15, 0.2) is 59.4 Å². The van der Waals surface area contributed by atoms with Gasteiger partial charge in [0.05, 0.1) is 11.1 Å². The first-order valence-corrected chi connectivity index (χ1v) is 10.7. The van der Waals surface area contributed by atoms with E-state index in [1.807, 2.05) is 48.5 Å². The van der Waals surface area contributed by atoms with Crippen molar-refractivity contribution in [2.24, 2.45) is 5.92 Å². The van der Waals surface area contributed by atoms with E-state index in [0.717, 1.165) is 23.1 Å². The molecule has 0 unspecified atom stereocenters. The summed E-state index contributed by atoms with van der Waals surface area (Å²) < 4.78 is 1.29. The fourth-order valence-corrected chi connectivity index (χ4v) is 4.70. The maximum atomic E-state index is 13.0. The summed E-state index contributed by atoms with van der Waals surface area (Å²) in [7, 11) is 0. The average Bonchev–Trinajstić information content (AvgIpc) is 3.17. The largest absolute Gasteiger partial charge is 0.351 e. The Kier molecular flexibility index (Phi) is 5.02. The number of piperidine rings is 1. The summed E-state index contributed by atoms with van der Waals surface area (Å²) in [5, 5.41) is 8.94. The lowest BCUT2D eigenvalue weighted by Crippen LogP contribution is -2.50. The van der Waals surface area contributed by atoms with E-state index < -0.39 is 0 Å². The topological polar surface area (TPSA) is 84.3 Å². The van der Waals surface area contributed by atoms with Gasteiger partial charge in [0.1, 0.15) is 6.54 Å². The molecule has 7 nitrogen and oxygen atoms in total. The lowest BCUT2D eigenvalue weighted by atomic mass is 9.92. The van der Waals surface area contributed by atoms with Gasteiger partial charge in [0, 0.05) is 37.4 Å². The molecule has 2 aromatic carbocycles. The number of fused-ring (bicyclic) bond motifs is 2. The molecule has 5 rings (SSSR count). The van der Waals surface area contributed by atoms with Gasteiger partial charge in [-0.25, -0.2) is 4.68 Å². The van der Waals surface area contributed by atoms with Crippen LogP contribution in [0.5, 0.6) is 0 Å². The van der Waals surface area contributed by atoms with Crippen molar-refractivity contribution in [3.8, 4) is 0 Å². The molecule has 3 heterocycles. The number of hydrogen-bond donors (Lipinski definition) is 1. The van der Waals surface area contributed by atoms with Crippen LogP contribution in [0.4, 0.5) is 0 Å². The summed E-state index contributed by atoms with van der Waals surface area (Å²) >= 11 is 0. The van der Waals surface area contributed by atoms with E-state index >= 15 is 0 Å². The highest BCUT2D eigenvalue weighted by atomic mass is 16.2. The molecule has 7 heteroatoms. The Morgan fingerprint density at radius 1 is 1.03 bits per heavy atom. The Morgan fingerprint density at radius 2 is 1.77 bits per heavy atom. The van der Waals surface area contributed by atoms with Crippen molar-refractivity contribution in [3.63, 3.8) is 0 Å². The zero-order valence-corrected chi connectivity index (χ0v) is 17.2. The van der Waals surface area contributed by atoms with Gasteiger partial charge in [0.15, 0.2) is 0 Å². The third-order valence-corrected chi connectivity index (χ3v) is 6.35. The second-order valence-electron chi connectivity index (χ2n) is 8.38. The zero-order chi connectivity index (χ0) is 21.4. The maximum absolute atomic E-state index is 13.0. The van der Waals surface area contributed by atoms with Crippen LogP contribution in [-0.4, -0.2) is 45.6 Å². The zero-order valence-electron chi connectivity index (χ0n) is 17.2. The highest BCUT2D eigenvalue weighted by Crippen LogP contribution is 2.26. The molecule has 0 spiro atoms. The van der Waals surface area contributed by atoms with Crippen LogP contribution in [0.3, 0.4) is 0 Å². The fraction of sp³-hybridized carbons (Fsp3) is 0.333. The molecule has 158 valence electrons. The van der Waals surface area contributed by atoms with Crippen LogP contribution in [0.2, 0.25) is 0 Å². The SMILES string of the molecule is O=C1C[C@H]2CCN(C(=O)Cn3nc(Cc4ccccc4)c4ccccc4c3=O)C[C@H]2N1. The monoisotopic (exact) mass is 416 g/mol. The van der Waals surface area contributed by atoms with Crippen molar-refractivity contribution in [2.75, 3.05) is 13.1 Å². The minimum atomic E-state index is -0.259. The van der Waals surface area contributed by atoms with E-state index in [-0.39, 0.29) is 30.0 Å². The second-order valence-corrected chi connectivity index (χ2v) is 8.38. The molecule has 1 N–H and O–H groups in total. The summed E-state index contributed by atoms with van der Waals surface area (Å²) in [4.78, 5) is 39.5. The molecular formula is C24H24N4O3. The fourth-order valence-electron chi connectivity index (χ4n) is 4.70. The molecule has 2 aliphatic rings. The van der Waals surface area contributed by atoms with Gasteiger partial charge in [-0.15, -0.1) is 0 Å². The van der Waals surface area contributed by atoms with Crippen molar-refractivity contribution in [2.45, 2.75) is 31.8 Å². The molecule has 0 radical (unpaired) electrons. The molecule has 2 saturated heterocycles. The number of rotatable bonds is 4. The molecule has 3 aromatic rings. The van der Waals surface area contributed by atoms with Crippen LogP contribution in [0.1, 0.15) is 24.1 Å². The molecule has 0 saturated carbocycles. The lowest BCUT2D eigenvalue weighted by molar-refractivity contribution is -0.134. The van der Waals surface area contributed by atoms with E-state index in [4.69, 9.17) is 0 Å². The van der Waals surface area contributed by atoms with Gasteiger partial charge in [-0.3, -0.25) is 14.4 Å². The molecule has 2 amide bonds. The first-order chi connectivity index (χ1) is 15.1. The normalized spacial score (nSPS) is 20.5. The highest BCUT2D eigenvalue weighted by Gasteiger charge is 2.38. The Hall–Kier alpha value is -3.48. The van der Waals surface area contributed by atoms with Crippen LogP contribution in [0.25, 0.3) is 10.8 Å². The van der Waals surface area contributed by atoms with Gasteiger partial charge in [0.2, 0.25) is 11.8 Å². The van der Waals surface area contributed by atoms with Crippen molar-refractivity contribution >= 4 is 22.6 Å². The number of benzene rings is 2. The highest BCUT2D eigenvalue weighted by molar-refractivity contribution is 5.84. The molecule has 1 aromatic heterocycles. The Labute approximate surface area is 179 Å². The van der Waals surface area contributed by atoms with Crippen LogP contribution in [0, 0.1) is 5.92 Å². The number of likely N-dealkylation sites (tertiary alicyclic amines) is 1. The maximum Gasteiger partial charge on any atom is 0.275 e. The molecule has 2 aliphatic heterocycles. The third-order valence-electron chi connectivity index (χ3n) is 6.35. The summed E-state index contributed by atoms with van der Waals surface area (Å²) in [5.74, 6) is 0.216. The number of hydrogen-bond acceptors (Lipinski definition) is 4. The number of nitrogens with zero attached hydrogens (tertiary/aromatic N) is 3. The number of carbonyl (C=O) groups is 2. The second kappa shape index (κ2) is 7.98. The van der Waals surface area contributed by atoms with E-state index in [0.29, 0.717) is 37.2 Å². The van der Waals surface area contributed by atoms with Crippen LogP contribution in [-0.2, 0) is 22.6 Å². The van der Waals surface area contributed by atoms with Gasteiger partial charge in [-0.1, -0.05) is 48.5 Å². The molecular weight excluding hydrogens is 392 g/mol. The Balaban J connectivity index is 1.43. The summed E-state index contributed by atoms with van der Waals surface area (Å²) in [6, 6.07) is 17.4. The van der Waals surface area contributed by atoms with E-state index in [1.165, 1.54) is 4.68 Å². The van der Waals surface area contributed by atoms with Crippen molar-refractivity contribution in [3.05, 3.63) is 76.2 Å². The van der Waals surface area contributed by atoms with Gasteiger partial charge in [0.25, 0.3) is 5.56 Å². The van der Waals surface area contributed by atoms with E-state index in [2.05, 4.69) is 10.4 Å². The number of aromatic nitrogens is 2. The average molecular weight is 416 g/mol. The van der Waals surface area contributed by atoms with Crippen LogP contribution >= 0.6 is 0 Å². The molecule has 0 aliphatic carbocycles. The standard InChI is InChI=1S/C24H24N4O3/c29-22-13-17-10-11-27(14-21(17)25-22)23(30)15-28-24(31)19-9-5-4-8-18(19)20(26-28)12-16-6-2-1-3-7-16/h1-9,17,21H,10-15H2,(H,25,29)/t17-,21-/m1/s1. The van der Waals surface area contributed by atoms with E-state index in [1.54, 1.807) is 11.0 Å². The van der Waals surface area contributed by atoms with Crippen LogP contribution < -0.4 is 10.9 Å². The van der Waals surface area contributed by atoms with Crippen molar-refractivity contribution in [1.82, 2.24) is 20.0 Å². The van der Waals surface area contributed by atoms with Gasteiger partial charge in [-0.2, -0.15) is 5.10 Å². The number of carbonyl (C=O) groups excluding carboxylic acids is 2. The molecule has 2 fully saturated rings. The summed E-state index contributed by atoms with van der Waals surface area (Å²) in [6.45, 7) is 0.999. The van der Waals surface area contributed by atoms with Gasteiger partial charge >= 0.3 is 0 Å². The first kappa shape index (κ1) is 19.5. The minimum Gasteiger partial charge on any atom is -0.351 e. The minimum absolute atomic E-state index is 0.0140. The third kappa shape index (κ3) is 3.83. The van der Waals surface area contributed by atoms with Crippen molar-refractivity contribution < 1.29 is 9.59 Å². The lowest BCUT2D eigenvalue weighted by Gasteiger charge is -2.34. The predicted octanol–water partition coefficient (Wildman–Crippen LogP) is 1.72. The predicted molar refractivity (Wildman–Crippen MR) is 116 cm³/mol. The van der Waals surface area contributed by atoms with Gasteiger partial charge in [-0.05, 0) is 24.0 Å². The molecule has 31 heavy (non-hydrogen) atoms. The quantitative estimate of drug-likeness (QED) is 0.702. The summed E-state index contributed by atoms with van der Waals surface area (Å²) in [6.07, 6.45) is 1.92. The first-order valence-electron chi connectivity index (χ1n) is 10.7. The number of nitrogens with one attached hydrogen (secondary N) is 1. The summed E-state index contributed by atoms with van der Waals surface area (Å²) in [5.41, 5.74) is 1.61. The Bertz CT molecular complexity index is 1200. The number of amides is 2. The smallest absolute Gasteiger partial charge is 0.275 e.